The summed E-state index contributed by atoms with van der Waals surface area (Å²) in [6.45, 7) is 0.277. The first-order chi connectivity index (χ1) is 11.8. The predicted octanol–water partition coefficient (Wildman–Crippen LogP) is 2.58. The van der Waals surface area contributed by atoms with Gasteiger partial charge in [-0.15, -0.1) is 0 Å². The van der Waals surface area contributed by atoms with Crippen molar-refractivity contribution in [3.05, 3.63) is 47.3 Å². The number of likely N-dealkylation sites (N-methyl/N-ethyl adjacent to an activating group) is 1. The molecule has 1 aromatic rings. The average Bonchev–Trinajstić information content (AvgIpc) is 2.89. The van der Waals surface area contributed by atoms with Gasteiger partial charge in [-0.05, 0) is 30.5 Å². The third-order valence-electron chi connectivity index (χ3n) is 5.37. The van der Waals surface area contributed by atoms with Crippen LogP contribution < -0.4 is 5.32 Å². The molecular formula is C17H17F4N3O. The maximum atomic E-state index is 14.8. The molecule has 0 amide bonds. The minimum atomic E-state index is -1.57. The number of hydrogen-bond donors (Lipinski definition) is 1. The lowest BCUT2D eigenvalue weighted by atomic mass is 9.75. The van der Waals surface area contributed by atoms with Crippen LogP contribution in [0.15, 0.2) is 24.3 Å². The number of hydrogen-bond acceptors (Lipinski definition) is 4. The Hall–Kier alpha value is -2.09. The maximum absolute atomic E-state index is 14.8. The van der Waals surface area contributed by atoms with Gasteiger partial charge in [0.2, 0.25) is 5.95 Å². The van der Waals surface area contributed by atoms with Gasteiger partial charge in [-0.2, -0.15) is 4.39 Å². The van der Waals surface area contributed by atoms with E-state index in [1.165, 1.54) is 11.1 Å². The third kappa shape index (κ3) is 2.19. The van der Waals surface area contributed by atoms with Crippen LogP contribution in [0.2, 0.25) is 0 Å². The van der Waals surface area contributed by atoms with Gasteiger partial charge in [-0.25, -0.2) is 13.2 Å². The zero-order valence-corrected chi connectivity index (χ0v) is 13.5. The zero-order valence-electron chi connectivity index (χ0n) is 13.5. The highest BCUT2D eigenvalue weighted by Gasteiger charge is 2.61. The maximum Gasteiger partial charge on any atom is 0.208 e. The first-order valence-electron chi connectivity index (χ1n) is 8.15. The van der Waals surface area contributed by atoms with Crippen LogP contribution in [-0.2, 0) is 4.79 Å². The molecule has 134 valence electrons. The van der Waals surface area contributed by atoms with E-state index >= 15 is 0 Å². The van der Waals surface area contributed by atoms with Crippen LogP contribution in [0.3, 0.4) is 0 Å². The van der Waals surface area contributed by atoms with Gasteiger partial charge in [0.15, 0.2) is 23.2 Å². The van der Waals surface area contributed by atoms with E-state index in [-0.39, 0.29) is 23.9 Å². The van der Waals surface area contributed by atoms with Crippen molar-refractivity contribution in [1.29, 1.82) is 0 Å². The summed E-state index contributed by atoms with van der Waals surface area (Å²) < 4.78 is 55.5. The molecule has 3 unspecified atom stereocenters. The van der Waals surface area contributed by atoms with Crippen molar-refractivity contribution >= 4 is 5.78 Å². The predicted molar refractivity (Wildman–Crippen MR) is 81.2 cm³/mol. The smallest absolute Gasteiger partial charge is 0.208 e. The van der Waals surface area contributed by atoms with Crippen molar-refractivity contribution in [2.24, 2.45) is 0 Å². The van der Waals surface area contributed by atoms with Crippen LogP contribution >= 0.6 is 0 Å². The number of halogens is 4. The Bertz CT molecular complexity index is 760. The van der Waals surface area contributed by atoms with Crippen molar-refractivity contribution in [3.8, 4) is 0 Å². The summed E-state index contributed by atoms with van der Waals surface area (Å²) in [6, 6.07) is 1.34. The molecule has 0 radical (unpaired) electrons. The number of carbonyl (C=O) groups excluding carboxylic acids is 1. The summed E-state index contributed by atoms with van der Waals surface area (Å²) in [6.07, 6.45) is 1.95. The molecule has 1 spiro atoms. The number of nitrogens with one attached hydrogen (secondary N) is 1. The van der Waals surface area contributed by atoms with Gasteiger partial charge in [0, 0.05) is 26.1 Å². The van der Waals surface area contributed by atoms with Gasteiger partial charge in [0.05, 0.1) is 6.20 Å². The molecule has 4 rings (SSSR count). The Balaban J connectivity index is 1.86. The minimum Gasteiger partial charge on any atom is -0.374 e. The second-order valence-corrected chi connectivity index (χ2v) is 6.90. The molecule has 8 heteroatoms. The van der Waals surface area contributed by atoms with E-state index < -0.39 is 35.1 Å². The molecule has 2 heterocycles. The molecule has 1 N–H and O–H groups in total. The summed E-state index contributed by atoms with van der Waals surface area (Å²) in [7, 11) is 1.68. The fourth-order valence-corrected chi connectivity index (χ4v) is 4.37. The van der Waals surface area contributed by atoms with Gasteiger partial charge >= 0.3 is 0 Å². The Morgan fingerprint density at radius 3 is 2.56 bits per heavy atom. The highest BCUT2D eigenvalue weighted by molar-refractivity contribution is 5.91. The van der Waals surface area contributed by atoms with E-state index in [1.54, 1.807) is 11.9 Å². The minimum absolute atomic E-state index is 0.0473. The van der Waals surface area contributed by atoms with E-state index in [1.807, 2.05) is 0 Å². The van der Waals surface area contributed by atoms with Crippen LogP contribution in [0, 0.1) is 17.5 Å². The molecule has 2 fully saturated rings. The van der Waals surface area contributed by atoms with Crippen molar-refractivity contribution in [2.45, 2.75) is 37.0 Å². The summed E-state index contributed by atoms with van der Waals surface area (Å²) >= 11 is 0. The van der Waals surface area contributed by atoms with Crippen molar-refractivity contribution < 1.29 is 22.4 Å². The number of ketones is 1. The van der Waals surface area contributed by atoms with Crippen LogP contribution in [-0.4, -0.2) is 40.8 Å². The molecule has 3 aliphatic rings. The fraction of sp³-hybridized carbons (Fsp3) is 0.471. The summed E-state index contributed by atoms with van der Waals surface area (Å²) in [5.41, 5.74) is -1.08. The molecule has 1 saturated heterocycles. The topological polar surface area (TPSA) is 35.6 Å². The van der Waals surface area contributed by atoms with Crippen LogP contribution in [0.25, 0.3) is 0 Å². The molecule has 1 aromatic carbocycles. The number of carbonyl (C=O) groups is 1. The van der Waals surface area contributed by atoms with Crippen LogP contribution in [0.5, 0.6) is 0 Å². The van der Waals surface area contributed by atoms with E-state index in [0.717, 1.165) is 12.1 Å². The monoisotopic (exact) mass is 355 g/mol. The molecule has 4 nitrogen and oxygen atoms in total. The Morgan fingerprint density at radius 2 is 1.88 bits per heavy atom. The van der Waals surface area contributed by atoms with E-state index in [0.29, 0.717) is 19.3 Å². The van der Waals surface area contributed by atoms with E-state index in [4.69, 9.17) is 0 Å². The molecule has 3 atom stereocenters. The van der Waals surface area contributed by atoms with Crippen LogP contribution in [0.4, 0.5) is 17.6 Å². The molecule has 0 aromatic heterocycles. The highest BCUT2D eigenvalue weighted by Crippen LogP contribution is 2.47. The lowest BCUT2D eigenvalue weighted by Gasteiger charge is -2.48. The standard InChI is InChI=1S/C17H17F4N3O/c1-23-7-14(20)24-16(9-5-10(18)15(21)11(19)6-9)22-12-3-2-4-13(25)17(12,24)8-23/h5-7,12,16,22H,2-4,8H2,1H3. The molecular weight excluding hydrogens is 338 g/mol. The Kier molecular flexibility index (Phi) is 3.57. The molecule has 25 heavy (non-hydrogen) atoms. The highest BCUT2D eigenvalue weighted by atomic mass is 19.2. The van der Waals surface area contributed by atoms with Gasteiger partial charge in [0.1, 0.15) is 11.7 Å². The van der Waals surface area contributed by atoms with Crippen molar-refractivity contribution in [1.82, 2.24) is 15.1 Å². The quantitative estimate of drug-likeness (QED) is 0.477. The van der Waals surface area contributed by atoms with E-state index in [9.17, 15) is 22.4 Å². The van der Waals surface area contributed by atoms with Gasteiger partial charge in [-0.1, -0.05) is 0 Å². The second kappa shape index (κ2) is 5.45. The Morgan fingerprint density at radius 1 is 1.20 bits per heavy atom. The second-order valence-electron chi connectivity index (χ2n) is 6.90. The average molecular weight is 355 g/mol. The van der Waals surface area contributed by atoms with Gasteiger partial charge < -0.3 is 9.80 Å². The lowest BCUT2D eigenvalue weighted by molar-refractivity contribution is -0.135. The van der Waals surface area contributed by atoms with Crippen LogP contribution in [0.1, 0.15) is 31.0 Å². The van der Waals surface area contributed by atoms with Gasteiger partial charge in [0.25, 0.3) is 0 Å². The molecule has 1 aliphatic carbocycles. The largest absolute Gasteiger partial charge is 0.374 e. The lowest BCUT2D eigenvalue weighted by Crippen LogP contribution is -2.65. The van der Waals surface area contributed by atoms with Crippen molar-refractivity contribution in [3.63, 3.8) is 0 Å². The number of rotatable bonds is 1. The zero-order chi connectivity index (χ0) is 17.9. The summed E-state index contributed by atoms with van der Waals surface area (Å²) in [5.74, 6) is -5.01. The Labute approximate surface area is 142 Å². The van der Waals surface area contributed by atoms with E-state index in [2.05, 4.69) is 5.32 Å². The SMILES string of the molecule is CN1C=C(F)N2C(c3cc(F)c(F)c(F)c3)NC3CCCC(=O)C32C1. The number of benzene rings is 1. The molecule has 0 bridgehead atoms. The normalized spacial score (nSPS) is 31.7. The van der Waals surface area contributed by atoms with Crippen molar-refractivity contribution in [2.75, 3.05) is 13.6 Å². The number of Topliss-reactive ketones (excluding diaryl/α,β-unsaturated/α-hetero) is 1. The number of nitrogens with zero attached hydrogens (tertiary/aromatic N) is 2. The summed E-state index contributed by atoms with van der Waals surface area (Å²) in [4.78, 5) is 15.7. The first-order valence-corrected chi connectivity index (χ1v) is 8.15. The summed E-state index contributed by atoms with van der Waals surface area (Å²) in [5, 5.41) is 3.14. The van der Waals surface area contributed by atoms with Gasteiger partial charge in [-0.3, -0.25) is 10.1 Å². The molecule has 1 saturated carbocycles. The third-order valence-corrected chi connectivity index (χ3v) is 5.37. The first kappa shape index (κ1) is 16.4. The molecule has 2 aliphatic heterocycles. The fourth-order valence-electron chi connectivity index (χ4n) is 4.37.